The summed E-state index contributed by atoms with van der Waals surface area (Å²) < 4.78 is 2.10. The van der Waals surface area contributed by atoms with Crippen LogP contribution in [0.1, 0.15) is 35.7 Å². The summed E-state index contributed by atoms with van der Waals surface area (Å²) >= 11 is 0. The first-order valence-electron chi connectivity index (χ1n) is 6.63. The van der Waals surface area contributed by atoms with Crippen LogP contribution in [-0.2, 0) is 13.0 Å². The van der Waals surface area contributed by atoms with Gasteiger partial charge < -0.3 is 14.8 Å². The van der Waals surface area contributed by atoms with E-state index in [-0.39, 0.29) is 6.61 Å². The maximum Gasteiger partial charge on any atom is 0.335 e. The molecule has 0 unspecified atom stereocenters. The number of aromatic carboxylic acids is 1. The van der Waals surface area contributed by atoms with Crippen LogP contribution in [0.2, 0.25) is 0 Å². The van der Waals surface area contributed by atoms with Gasteiger partial charge in [0.2, 0.25) is 0 Å². The SMILES string of the molecule is CCCc1cn(CCCO)c2ccc(C(=O)O)cc12. The molecule has 0 saturated heterocycles. The van der Waals surface area contributed by atoms with Gasteiger partial charge in [0.1, 0.15) is 0 Å². The van der Waals surface area contributed by atoms with E-state index in [2.05, 4.69) is 17.7 Å². The molecule has 0 radical (unpaired) electrons. The van der Waals surface area contributed by atoms with Crippen LogP contribution in [0.3, 0.4) is 0 Å². The summed E-state index contributed by atoms with van der Waals surface area (Å²) in [6.45, 7) is 3.02. The fourth-order valence-electron chi connectivity index (χ4n) is 2.40. The van der Waals surface area contributed by atoms with Crippen LogP contribution in [0.5, 0.6) is 0 Å². The van der Waals surface area contributed by atoms with Gasteiger partial charge in [-0.2, -0.15) is 0 Å². The van der Waals surface area contributed by atoms with Crippen molar-refractivity contribution in [3.8, 4) is 0 Å². The van der Waals surface area contributed by atoms with Crippen LogP contribution < -0.4 is 0 Å². The maximum atomic E-state index is 11.1. The van der Waals surface area contributed by atoms with Crippen molar-refractivity contribution in [2.75, 3.05) is 6.61 Å². The first kappa shape index (κ1) is 13.6. The molecule has 0 spiro atoms. The van der Waals surface area contributed by atoms with Crippen LogP contribution in [0.15, 0.2) is 24.4 Å². The molecular formula is C15H19NO3. The van der Waals surface area contributed by atoms with Crippen molar-refractivity contribution in [2.24, 2.45) is 0 Å². The second kappa shape index (κ2) is 5.89. The van der Waals surface area contributed by atoms with Gasteiger partial charge in [-0.3, -0.25) is 0 Å². The van der Waals surface area contributed by atoms with Crippen LogP contribution >= 0.6 is 0 Å². The predicted molar refractivity (Wildman–Crippen MR) is 74.6 cm³/mol. The number of benzene rings is 1. The lowest BCUT2D eigenvalue weighted by atomic mass is 10.1. The minimum atomic E-state index is -0.896. The number of carboxylic acid groups (broad SMARTS) is 1. The summed E-state index contributed by atoms with van der Waals surface area (Å²) in [7, 11) is 0. The molecule has 0 atom stereocenters. The molecule has 0 fully saturated rings. The Balaban J connectivity index is 2.50. The quantitative estimate of drug-likeness (QED) is 0.840. The van der Waals surface area contributed by atoms with Crippen LogP contribution in [-0.4, -0.2) is 27.4 Å². The fraction of sp³-hybridized carbons (Fsp3) is 0.400. The number of aromatic nitrogens is 1. The Hall–Kier alpha value is -1.81. The molecule has 102 valence electrons. The summed E-state index contributed by atoms with van der Waals surface area (Å²) in [4.78, 5) is 11.1. The molecular weight excluding hydrogens is 242 g/mol. The first-order valence-corrected chi connectivity index (χ1v) is 6.63. The van der Waals surface area contributed by atoms with E-state index in [1.807, 2.05) is 6.07 Å². The number of nitrogens with zero attached hydrogens (tertiary/aromatic N) is 1. The average molecular weight is 261 g/mol. The number of carboxylic acids is 1. The maximum absolute atomic E-state index is 11.1. The summed E-state index contributed by atoms with van der Waals surface area (Å²) in [6, 6.07) is 5.24. The van der Waals surface area contributed by atoms with Crippen molar-refractivity contribution >= 4 is 16.9 Å². The van der Waals surface area contributed by atoms with Crippen molar-refractivity contribution in [1.82, 2.24) is 4.57 Å². The first-order chi connectivity index (χ1) is 9.17. The van der Waals surface area contributed by atoms with E-state index in [9.17, 15) is 4.79 Å². The second-order valence-electron chi connectivity index (χ2n) is 4.71. The van der Waals surface area contributed by atoms with E-state index < -0.39 is 5.97 Å². The predicted octanol–water partition coefficient (Wildman–Crippen LogP) is 2.67. The van der Waals surface area contributed by atoms with Crippen molar-refractivity contribution in [3.63, 3.8) is 0 Å². The number of hydrogen-bond donors (Lipinski definition) is 2. The Kier molecular flexibility index (Phi) is 4.22. The van der Waals surface area contributed by atoms with E-state index >= 15 is 0 Å². The summed E-state index contributed by atoms with van der Waals surface area (Å²) in [5, 5.41) is 19.0. The number of hydrogen-bond acceptors (Lipinski definition) is 2. The van der Waals surface area contributed by atoms with E-state index in [1.165, 1.54) is 5.56 Å². The lowest BCUT2D eigenvalue weighted by molar-refractivity contribution is 0.0697. The van der Waals surface area contributed by atoms with E-state index in [0.29, 0.717) is 12.0 Å². The molecule has 0 aliphatic carbocycles. The molecule has 2 rings (SSSR count). The molecule has 4 nitrogen and oxygen atoms in total. The van der Waals surface area contributed by atoms with Crippen molar-refractivity contribution in [3.05, 3.63) is 35.5 Å². The zero-order valence-corrected chi connectivity index (χ0v) is 11.1. The third-order valence-electron chi connectivity index (χ3n) is 3.29. The minimum Gasteiger partial charge on any atom is -0.478 e. The summed E-state index contributed by atoms with van der Waals surface area (Å²) in [5.74, 6) is -0.896. The monoisotopic (exact) mass is 261 g/mol. The van der Waals surface area contributed by atoms with Crippen molar-refractivity contribution in [2.45, 2.75) is 32.7 Å². The summed E-state index contributed by atoms with van der Waals surface area (Å²) in [6.07, 6.45) is 4.74. The van der Waals surface area contributed by atoms with Crippen LogP contribution in [0.25, 0.3) is 10.9 Å². The number of rotatable bonds is 6. The molecule has 1 heterocycles. The fourth-order valence-corrected chi connectivity index (χ4v) is 2.40. The molecule has 19 heavy (non-hydrogen) atoms. The molecule has 0 aliphatic rings. The summed E-state index contributed by atoms with van der Waals surface area (Å²) in [5.41, 5.74) is 2.55. The van der Waals surface area contributed by atoms with Gasteiger partial charge in [0.05, 0.1) is 5.56 Å². The van der Waals surface area contributed by atoms with Gasteiger partial charge in [0.15, 0.2) is 0 Å². The molecule has 1 aromatic carbocycles. The normalized spacial score (nSPS) is 11.1. The number of aliphatic hydroxyl groups excluding tert-OH is 1. The molecule has 4 heteroatoms. The molecule has 2 aromatic rings. The average Bonchev–Trinajstić information content (AvgIpc) is 2.74. The number of aliphatic hydroxyl groups is 1. The van der Waals surface area contributed by atoms with Crippen LogP contribution in [0.4, 0.5) is 0 Å². The highest BCUT2D eigenvalue weighted by atomic mass is 16.4. The lowest BCUT2D eigenvalue weighted by Gasteiger charge is -2.03. The number of aryl methyl sites for hydroxylation is 2. The van der Waals surface area contributed by atoms with Gasteiger partial charge >= 0.3 is 5.97 Å². The molecule has 0 bridgehead atoms. The van der Waals surface area contributed by atoms with Gasteiger partial charge in [-0.05, 0) is 36.6 Å². The Morgan fingerprint density at radius 1 is 1.37 bits per heavy atom. The Morgan fingerprint density at radius 2 is 2.16 bits per heavy atom. The molecule has 0 amide bonds. The van der Waals surface area contributed by atoms with Crippen molar-refractivity contribution in [1.29, 1.82) is 0 Å². The Morgan fingerprint density at radius 3 is 2.79 bits per heavy atom. The van der Waals surface area contributed by atoms with Gasteiger partial charge in [-0.25, -0.2) is 4.79 Å². The number of fused-ring (bicyclic) bond motifs is 1. The third-order valence-corrected chi connectivity index (χ3v) is 3.29. The van der Waals surface area contributed by atoms with Gasteiger partial charge in [-0.15, -0.1) is 0 Å². The van der Waals surface area contributed by atoms with Crippen molar-refractivity contribution < 1.29 is 15.0 Å². The van der Waals surface area contributed by atoms with Gasteiger partial charge in [-0.1, -0.05) is 13.3 Å². The highest BCUT2D eigenvalue weighted by Crippen LogP contribution is 2.24. The number of carbonyl (C=O) groups is 1. The van der Waals surface area contributed by atoms with Gasteiger partial charge in [0, 0.05) is 30.3 Å². The largest absolute Gasteiger partial charge is 0.478 e. The molecule has 0 saturated carbocycles. The second-order valence-corrected chi connectivity index (χ2v) is 4.71. The van der Waals surface area contributed by atoms with Crippen LogP contribution in [0, 0.1) is 0 Å². The van der Waals surface area contributed by atoms with Gasteiger partial charge in [0.25, 0.3) is 0 Å². The molecule has 0 aliphatic heterocycles. The minimum absolute atomic E-state index is 0.163. The Labute approximate surface area is 112 Å². The molecule has 1 aromatic heterocycles. The topological polar surface area (TPSA) is 62.5 Å². The standard InChI is InChI=1S/C15H19NO3/c1-2-4-12-10-16(7-3-8-17)14-6-5-11(15(18)19)9-13(12)14/h5-6,9-10,17H,2-4,7-8H2,1H3,(H,18,19). The highest BCUT2D eigenvalue weighted by Gasteiger charge is 2.11. The third kappa shape index (κ3) is 2.79. The van der Waals surface area contributed by atoms with E-state index in [4.69, 9.17) is 10.2 Å². The van der Waals surface area contributed by atoms with E-state index in [0.717, 1.165) is 30.3 Å². The zero-order valence-electron chi connectivity index (χ0n) is 11.1. The smallest absolute Gasteiger partial charge is 0.335 e. The highest BCUT2D eigenvalue weighted by molar-refractivity contribution is 5.95. The lowest BCUT2D eigenvalue weighted by Crippen LogP contribution is -1.99. The Bertz CT molecular complexity index is 586. The molecule has 2 N–H and O–H groups in total. The zero-order chi connectivity index (χ0) is 13.8. The van der Waals surface area contributed by atoms with E-state index in [1.54, 1.807) is 12.1 Å².